The van der Waals surface area contributed by atoms with Gasteiger partial charge in [0.2, 0.25) is 6.33 Å². The van der Waals surface area contributed by atoms with Crippen LogP contribution in [0.15, 0.2) is 147 Å². The number of hydrogen-bond donors (Lipinski definition) is 0. The number of rotatable bonds is 20. The van der Waals surface area contributed by atoms with Crippen LogP contribution in [0, 0.1) is 10.8 Å². The van der Waals surface area contributed by atoms with E-state index in [0.717, 1.165) is 52.1 Å². The molecule has 0 N–H and O–H groups in total. The molecule has 7 aromatic rings. The lowest BCUT2D eigenvalue weighted by Crippen LogP contribution is -2.37. The molecule has 12 heteroatoms. The lowest BCUT2D eigenvalue weighted by molar-refractivity contribution is -0.755. The third-order valence-corrected chi connectivity index (χ3v) is 12.4. The molecular weight excluding hydrogens is 865 g/mol. The van der Waals surface area contributed by atoms with Crippen LogP contribution >= 0.6 is 0 Å². The van der Waals surface area contributed by atoms with Crippen molar-refractivity contribution < 1.29 is 18.6 Å². The molecule has 0 atom stereocenters. The molecule has 0 aliphatic carbocycles. The van der Waals surface area contributed by atoms with Crippen molar-refractivity contribution in [1.82, 2.24) is 39.5 Å². The minimum atomic E-state index is 0.231. The van der Waals surface area contributed by atoms with Gasteiger partial charge in [0.25, 0.3) is 6.33 Å². The summed E-state index contributed by atoms with van der Waals surface area (Å²) >= 11 is 0. The predicted molar refractivity (Wildman–Crippen MR) is 283 cm³/mol. The van der Waals surface area contributed by atoms with Crippen molar-refractivity contribution >= 4 is 6.20 Å². The highest BCUT2D eigenvalue weighted by Gasteiger charge is 2.22. The summed E-state index contributed by atoms with van der Waals surface area (Å²) in [4.78, 5) is 0. The van der Waals surface area contributed by atoms with Crippen molar-refractivity contribution in [2.45, 2.75) is 178 Å². The van der Waals surface area contributed by atoms with Gasteiger partial charge in [-0.1, -0.05) is 167 Å². The molecule has 12 nitrogen and oxygen atoms in total. The van der Waals surface area contributed by atoms with Crippen LogP contribution in [0.5, 0.6) is 0 Å². The van der Waals surface area contributed by atoms with Crippen LogP contribution in [0.2, 0.25) is 0 Å². The van der Waals surface area contributed by atoms with Gasteiger partial charge in [0.05, 0.1) is 22.7 Å². The Kier molecular flexibility index (Phi) is 22.6. The van der Waals surface area contributed by atoms with Gasteiger partial charge in [0, 0.05) is 5.10 Å². The Morgan fingerprint density at radius 2 is 0.986 bits per heavy atom. The summed E-state index contributed by atoms with van der Waals surface area (Å²) < 4.78 is 15.7. The van der Waals surface area contributed by atoms with Crippen LogP contribution in [0.1, 0.15) is 144 Å². The lowest BCUT2D eigenvalue weighted by Gasteiger charge is -2.24. The Hall–Kier alpha value is -6.04. The zero-order chi connectivity index (χ0) is 51.0. The van der Waals surface area contributed by atoms with Crippen LogP contribution in [0.25, 0.3) is 6.20 Å². The van der Waals surface area contributed by atoms with E-state index in [9.17, 15) is 0 Å². The van der Waals surface area contributed by atoms with Gasteiger partial charge in [-0.2, -0.15) is 0 Å². The number of aromatic nitrogens is 12. The number of nitrogens with zero attached hydrogens (tertiary/aromatic N) is 12. The van der Waals surface area contributed by atoms with E-state index in [1.807, 2.05) is 83.2 Å². The molecule has 0 saturated heterocycles. The first-order valence-corrected chi connectivity index (χ1v) is 25.7. The van der Waals surface area contributed by atoms with Gasteiger partial charge in [-0.15, -0.1) is 32.8 Å². The van der Waals surface area contributed by atoms with E-state index in [1.54, 1.807) is 10.9 Å². The smallest absolute Gasteiger partial charge is 0.240 e. The Balaban J connectivity index is 0.000000204. The minimum absolute atomic E-state index is 0.231. The van der Waals surface area contributed by atoms with Crippen molar-refractivity contribution in [3.63, 3.8) is 0 Å². The molecule has 3 aromatic carbocycles. The van der Waals surface area contributed by atoms with Crippen molar-refractivity contribution in [2.75, 3.05) is 0 Å². The summed E-state index contributed by atoms with van der Waals surface area (Å²) in [5.74, 6) is 0. The zero-order valence-electron chi connectivity index (χ0n) is 45.3. The van der Waals surface area contributed by atoms with Crippen LogP contribution in [-0.4, -0.2) is 39.5 Å². The Labute approximate surface area is 422 Å². The van der Waals surface area contributed by atoms with E-state index in [1.165, 1.54) is 55.2 Å². The average Bonchev–Trinajstić information content (AvgIpc) is 4.17. The molecule has 0 bridgehead atoms. The van der Waals surface area contributed by atoms with E-state index < -0.39 is 0 Å². The maximum absolute atomic E-state index is 4.56. The fraction of sp³-hybridized carbons (Fsp3) is 0.517. The Bertz CT molecular complexity index is 2460. The van der Waals surface area contributed by atoms with E-state index in [-0.39, 0.29) is 10.8 Å². The third-order valence-electron chi connectivity index (χ3n) is 12.4. The van der Waals surface area contributed by atoms with Gasteiger partial charge in [-0.25, -0.2) is 4.57 Å². The number of aryl methyl sites for hydroxylation is 6. The molecule has 0 aliphatic rings. The molecule has 0 spiro atoms. The molecule has 0 saturated carbocycles. The highest BCUT2D eigenvalue weighted by atomic mass is 15.5. The standard InChI is InChI=1S/2C16H24N3.C15H22N3.C11H20N3/c1-16(2,3)10-7-11-18-12-13-19(17-18)14-15-8-5-4-6-9-15;1-4-18-13-14-19(17-18)12-8-11-16(2,3)15-9-6-5-7-10-15;1-15(2,14-8-5-4-6-9-14)10-7-11-18-13-17(3)12-16-18;1-5-13-9-10-14(12-13)8-6-7-11(2,3)4/h4-6,8-9,12-13H,7,10-11,14H2,1-3H3;5-7,9-10,13-14H,4,8,11-12H2,1-3H3;4-6,8-9,12-13H,7,10-11H2,1-3H3;5,9-10H,1,6-8H2,2-4H3/q4*+1. The molecular formula is C58H90N12+4. The predicted octanol–water partition coefficient (Wildman–Crippen LogP) is 10.6. The van der Waals surface area contributed by atoms with Crippen LogP contribution in [-0.2, 0) is 57.1 Å². The second-order valence-corrected chi connectivity index (χ2v) is 22.3. The van der Waals surface area contributed by atoms with Crippen LogP contribution < -0.4 is 18.6 Å². The van der Waals surface area contributed by atoms with Gasteiger partial charge in [-0.05, 0) is 96.6 Å². The monoisotopic (exact) mass is 955 g/mol. The van der Waals surface area contributed by atoms with Gasteiger partial charge in [0.1, 0.15) is 45.5 Å². The first-order chi connectivity index (χ1) is 33.2. The maximum Gasteiger partial charge on any atom is 0.264 e. The molecule has 378 valence electrons. The van der Waals surface area contributed by atoms with Gasteiger partial charge in [0.15, 0.2) is 37.2 Å². The summed E-state index contributed by atoms with van der Waals surface area (Å²) in [6.07, 6.45) is 27.1. The molecule has 4 aromatic heterocycles. The van der Waals surface area contributed by atoms with Crippen molar-refractivity contribution in [2.24, 2.45) is 17.9 Å². The zero-order valence-corrected chi connectivity index (χ0v) is 45.3. The fourth-order valence-corrected chi connectivity index (χ4v) is 8.05. The van der Waals surface area contributed by atoms with E-state index in [4.69, 9.17) is 0 Å². The molecule has 4 heterocycles. The van der Waals surface area contributed by atoms with Crippen LogP contribution in [0.4, 0.5) is 0 Å². The first-order valence-electron chi connectivity index (χ1n) is 25.7. The largest absolute Gasteiger partial charge is 0.264 e. The molecule has 0 fully saturated rings. The second-order valence-electron chi connectivity index (χ2n) is 22.3. The summed E-state index contributed by atoms with van der Waals surface area (Å²) in [5, 5.41) is 17.6. The quantitative estimate of drug-likeness (QED) is 0.0712. The van der Waals surface area contributed by atoms with Crippen molar-refractivity contribution in [3.8, 4) is 0 Å². The normalized spacial score (nSPS) is 11.7. The highest BCUT2D eigenvalue weighted by molar-refractivity contribution is 5.24. The van der Waals surface area contributed by atoms with Gasteiger partial charge in [-0.3, -0.25) is 0 Å². The number of benzene rings is 3. The minimum Gasteiger partial charge on any atom is -0.240 e. The average molecular weight is 955 g/mol. The lowest BCUT2D eigenvalue weighted by atomic mass is 9.80. The Morgan fingerprint density at radius 3 is 1.50 bits per heavy atom. The maximum atomic E-state index is 4.56. The second kappa shape index (κ2) is 28.0. The summed E-state index contributed by atoms with van der Waals surface area (Å²) in [7, 11) is 2.00. The van der Waals surface area contributed by atoms with Crippen molar-refractivity contribution in [3.05, 3.63) is 164 Å². The number of hydrogen-bond acceptors (Lipinski definition) is 4. The fourth-order valence-electron chi connectivity index (χ4n) is 8.05. The van der Waals surface area contributed by atoms with Gasteiger partial charge < -0.3 is 0 Å². The van der Waals surface area contributed by atoms with Crippen molar-refractivity contribution in [1.29, 1.82) is 0 Å². The molecule has 0 aliphatic heterocycles. The molecule has 7 rings (SSSR count). The van der Waals surface area contributed by atoms with E-state index in [2.05, 4.69) is 201 Å². The molecule has 0 unspecified atom stereocenters. The Morgan fingerprint density at radius 1 is 0.529 bits per heavy atom. The first kappa shape index (κ1) is 56.5. The highest BCUT2D eigenvalue weighted by Crippen LogP contribution is 2.29. The SMILES string of the molecule is C=Cn1cc[n+](CCCC(C)(C)C)n1.CC(C)(C)CCCn1cc[n+](Cc2ccccc2)n1.CCn1cc[n+](CCCC(C)(C)c2ccccc2)n1.C[n+]1cnn(CCCC(C)(C)c2ccccc2)c1. The van der Waals surface area contributed by atoms with E-state index >= 15 is 0 Å². The van der Waals surface area contributed by atoms with Gasteiger partial charge >= 0.3 is 0 Å². The summed E-state index contributed by atoms with van der Waals surface area (Å²) in [5.41, 5.74) is 5.41. The molecule has 0 amide bonds. The summed E-state index contributed by atoms with van der Waals surface area (Å²) in [6, 6.07) is 31.9. The molecule has 0 radical (unpaired) electrons. The summed E-state index contributed by atoms with van der Waals surface area (Å²) in [6.45, 7) is 34.4. The third kappa shape index (κ3) is 22.1. The van der Waals surface area contributed by atoms with E-state index in [0.29, 0.717) is 10.8 Å². The topological polar surface area (TPSA) is 86.8 Å². The van der Waals surface area contributed by atoms with Crippen LogP contribution in [0.3, 0.4) is 0 Å². The molecule has 70 heavy (non-hydrogen) atoms.